The Hall–Kier alpha value is -2.04. The molecule has 2 aromatic rings. The van der Waals surface area contributed by atoms with Crippen molar-refractivity contribution in [3.8, 4) is 0 Å². The molecule has 23 heavy (non-hydrogen) atoms. The molecule has 3 rings (SSSR count). The third-order valence-electron chi connectivity index (χ3n) is 4.12. The summed E-state index contributed by atoms with van der Waals surface area (Å²) in [5.74, 6) is 0. The summed E-state index contributed by atoms with van der Waals surface area (Å²) in [7, 11) is 4.11. The number of nitrogens with zero attached hydrogens (tertiary/aromatic N) is 2. The van der Waals surface area contributed by atoms with E-state index in [4.69, 9.17) is 4.74 Å². The topological polar surface area (TPSA) is 27.7 Å². The quantitative estimate of drug-likeness (QED) is 0.916. The molecule has 0 spiro atoms. The Morgan fingerprint density at radius 3 is 2.43 bits per heavy atom. The summed E-state index contributed by atoms with van der Waals surface area (Å²) in [5.41, 5.74) is 4.77. The lowest BCUT2D eigenvalue weighted by Crippen LogP contribution is -2.35. The van der Waals surface area contributed by atoms with Gasteiger partial charge < -0.3 is 15.0 Å². The minimum atomic E-state index is 0.849. The molecule has 0 saturated carbocycles. The van der Waals surface area contributed by atoms with Crippen LogP contribution in [0.2, 0.25) is 0 Å². The number of ether oxygens (including phenoxy) is 1. The van der Waals surface area contributed by atoms with Crippen LogP contribution in [0, 0.1) is 0 Å². The Morgan fingerprint density at radius 1 is 1.00 bits per heavy atom. The van der Waals surface area contributed by atoms with Gasteiger partial charge >= 0.3 is 0 Å². The summed E-state index contributed by atoms with van der Waals surface area (Å²) in [5, 5.41) is 3.47. The number of nitrogens with one attached hydrogen (secondary N) is 1. The van der Waals surface area contributed by atoms with Crippen molar-refractivity contribution in [2.24, 2.45) is 0 Å². The molecule has 1 aliphatic rings. The Balaban J connectivity index is 1.61. The van der Waals surface area contributed by atoms with Crippen molar-refractivity contribution in [3.63, 3.8) is 0 Å². The van der Waals surface area contributed by atoms with Gasteiger partial charge in [0.05, 0.1) is 13.2 Å². The first kappa shape index (κ1) is 15.8. The van der Waals surface area contributed by atoms with E-state index in [-0.39, 0.29) is 0 Å². The van der Waals surface area contributed by atoms with Gasteiger partial charge in [0.25, 0.3) is 0 Å². The summed E-state index contributed by atoms with van der Waals surface area (Å²) in [6.07, 6.45) is 0. The Kier molecular flexibility index (Phi) is 5.16. The van der Waals surface area contributed by atoms with E-state index in [0.717, 1.165) is 44.2 Å². The molecule has 1 saturated heterocycles. The molecule has 1 N–H and O–H groups in total. The minimum absolute atomic E-state index is 0.849. The van der Waals surface area contributed by atoms with Gasteiger partial charge in [0.1, 0.15) is 0 Å². The van der Waals surface area contributed by atoms with E-state index in [2.05, 4.69) is 77.7 Å². The first-order chi connectivity index (χ1) is 11.2. The van der Waals surface area contributed by atoms with Crippen molar-refractivity contribution in [1.82, 2.24) is 4.90 Å². The maximum absolute atomic E-state index is 5.39. The van der Waals surface area contributed by atoms with E-state index >= 15 is 0 Å². The van der Waals surface area contributed by atoms with Gasteiger partial charge in [0.15, 0.2) is 0 Å². The van der Waals surface area contributed by atoms with Crippen molar-refractivity contribution in [2.45, 2.75) is 6.54 Å². The summed E-state index contributed by atoms with van der Waals surface area (Å²) in [6.45, 7) is 4.75. The van der Waals surface area contributed by atoms with Crippen LogP contribution < -0.4 is 10.2 Å². The van der Waals surface area contributed by atoms with Gasteiger partial charge in [-0.3, -0.25) is 4.90 Å². The number of anilines is 3. The molecule has 0 unspecified atom stereocenters. The molecule has 1 aliphatic heterocycles. The molecule has 0 bridgehead atoms. The average Bonchev–Trinajstić information content (AvgIpc) is 2.58. The Labute approximate surface area is 138 Å². The molecule has 4 heteroatoms. The first-order valence-corrected chi connectivity index (χ1v) is 8.14. The van der Waals surface area contributed by atoms with Gasteiger partial charge in [0.2, 0.25) is 0 Å². The predicted octanol–water partition coefficient (Wildman–Crippen LogP) is 3.33. The van der Waals surface area contributed by atoms with Crippen LogP contribution in [0.15, 0.2) is 48.5 Å². The number of hydrogen-bond donors (Lipinski definition) is 1. The lowest BCUT2D eigenvalue weighted by Gasteiger charge is -2.26. The number of rotatable bonds is 5. The number of benzene rings is 2. The molecular weight excluding hydrogens is 286 g/mol. The molecule has 0 amide bonds. The normalized spacial score (nSPS) is 15.4. The highest BCUT2D eigenvalue weighted by Crippen LogP contribution is 2.22. The van der Waals surface area contributed by atoms with Crippen LogP contribution in [-0.2, 0) is 11.3 Å². The van der Waals surface area contributed by atoms with Crippen molar-refractivity contribution < 1.29 is 4.74 Å². The Morgan fingerprint density at radius 2 is 1.74 bits per heavy atom. The van der Waals surface area contributed by atoms with Crippen LogP contribution in [0.5, 0.6) is 0 Å². The fourth-order valence-electron chi connectivity index (χ4n) is 2.74. The molecule has 4 nitrogen and oxygen atoms in total. The van der Waals surface area contributed by atoms with E-state index < -0.39 is 0 Å². The molecule has 2 aromatic carbocycles. The second kappa shape index (κ2) is 7.49. The van der Waals surface area contributed by atoms with Gasteiger partial charge in [-0.2, -0.15) is 0 Å². The SMILES string of the molecule is CN(C)c1cccc(Nc2ccc(CN3CCOCC3)cc2)c1. The van der Waals surface area contributed by atoms with E-state index in [1.165, 1.54) is 11.3 Å². The first-order valence-electron chi connectivity index (χ1n) is 8.14. The number of hydrogen-bond acceptors (Lipinski definition) is 4. The fraction of sp³-hybridized carbons (Fsp3) is 0.368. The van der Waals surface area contributed by atoms with E-state index in [0.29, 0.717) is 0 Å². The highest BCUT2D eigenvalue weighted by atomic mass is 16.5. The maximum Gasteiger partial charge on any atom is 0.0594 e. The molecule has 0 aliphatic carbocycles. The lowest BCUT2D eigenvalue weighted by atomic mass is 10.1. The molecule has 1 heterocycles. The average molecular weight is 311 g/mol. The summed E-state index contributed by atoms with van der Waals surface area (Å²) < 4.78 is 5.39. The molecule has 0 atom stereocenters. The zero-order valence-electron chi connectivity index (χ0n) is 14.0. The van der Waals surface area contributed by atoms with Crippen LogP contribution >= 0.6 is 0 Å². The third-order valence-corrected chi connectivity index (χ3v) is 4.12. The second-order valence-electron chi connectivity index (χ2n) is 6.16. The van der Waals surface area contributed by atoms with Gasteiger partial charge in [-0.25, -0.2) is 0 Å². The van der Waals surface area contributed by atoms with Crippen molar-refractivity contribution >= 4 is 17.1 Å². The van der Waals surface area contributed by atoms with E-state index in [1.54, 1.807) is 0 Å². The standard InChI is InChI=1S/C19H25N3O/c1-21(2)19-5-3-4-18(14-19)20-17-8-6-16(7-9-17)15-22-10-12-23-13-11-22/h3-9,14,20H,10-13,15H2,1-2H3. The molecule has 1 fully saturated rings. The fourth-order valence-corrected chi connectivity index (χ4v) is 2.74. The van der Waals surface area contributed by atoms with Crippen LogP contribution in [0.1, 0.15) is 5.56 Å². The summed E-state index contributed by atoms with van der Waals surface area (Å²) >= 11 is 0. The Bertz CT molecular complexity index is 619. The van der Waals surface area contributed by atoms with Crippen LogP contribution in [0.3, 0.4) is 0 Å². The van der Waals surface area contributed by atoms with Crippen LogP contribution in [0.4, 0.5) is 17.1 Å². The third kappa shape index (κ3) is 4.47. The highest BCUT2D eigenvalue weighted by Gasteiger charge is 2.10. The largest absolute Gasteiger partial charge is 0.379 e. The van der Waals surface area contributed by atoms with Crippen molar-refractivity contribution in [3.05, 3.63) is 54.1 Å². The van der Waals surface area contributed by atoms with Crippen LogP contribution in [-0.4, -0.2) is 45.3 Å². The maximum atomic E-state index is 5.39. The molecular formula is C19H25N3O. The lowest BCUT2D eigenvalue weighted by molar-refractivity contribution is 0.0342. The molecule has 0 radical (unpaired) electrons. The van der Waals surface area contributed by atoms with Gasteiger partial charge in [-0.05, 0) is 35.9 Å². The molecule has 0 aromatic heterocycles. The minimum Gasteiger partial charge on any atom is -0.379 e. The summed E-state index contributed by atoms with van der Waals surface area (Å²) in [4.78, 5) is 4.54. The molecule has 122 valence electrons. The van der Waals surface area contributed by atoms with Gasteiger partial charge in [-0.15, -0.1) is 0 Å². The van der Waals surface area contributed by atoms with E-state index in [9.17, 15) is 0 Å². The predicted molar refractivity (Wildman–Crippen MR) is 96.6 cm³/mol. The van der Waals surface area contributed by atoms with Crippen molar-refractivity contribution in [1.29, 1.82) is 0 Å². The van der Waals surface area contributed by atoms with Crippen molar-refractivity contribution in [2.75, 3.05) is 50.6 Å². The zero-order valence-corrected chi connectivity index (χ0v) is 14.0. The van der Waals surface area contributed by atoms with Gasteiger partial charge in [0, 0.05) is 50.8 Å². The smallest absolute Gasteiger partial charge is 0.0594 e. The van der Waals surface area contributed by atoms with Gasteiger partial charge in [-0.1, -0.05) is 18.2 Å². The summed E-state index contributed by atoms with van der Waals surface area (Å²) in [6, 6.07) is 17.1. The highest BCUT2D eigenvalue weighted by molar-refractivity contribution is 5.65. The number of morpholine rings is 1. The van der Waals surface area contributed by atoms with Crippen LogP contribution in [0.25, 0.3) is 0 Å². The zero-order chi connectivity index (χ0) is 16.1. The second-order valence-corrected chi connectivity index (χ2v) is 6.16. The monoisotopic (exact) mass is 311 g/mol. The van der Waals surface area contributed by atoms with E-state index in [1.807, 2.05) is 0 Å².